The molecule has 0 N–H and O–H groups in total. The van der Waals surface area contributed by atoms with Gasteiger partial charge in [0, 0.05) is 12.0 Å². The van der Waals surface area contributed by atoms with E-state index in [1.165, 1.54) is 36.4 Å². The Labute approximate surface area is 151 Å². The minimum absolute atomic E-state index is 0.308. The van der Waals surface area contributed by atoms with Crippen molar-refractivity contribution in [3.63, 3.8) is 0 Å². The lowest BCUT2D eigenvalue weighted by molar-refractivity contribution is -0.275. The van der Waals surface area contributed by atoms with Crippen molar-refractivity contribution in [1.29, 1.82) is 0 Å². The minimum atomic E-state index is -4.74. The smallest absolute Gasteiger partial charge is 0.406 e. The first-order valence-electron chi connectivity index (χ1n) is 7.48. The maximum absolute atomic E-state index is 12.1. The Balaban J connectivity index is 1.86. The van der Waals surface area contributed by atoms with Crippen molar-refractivity contribution in [2.45, 2.75) is 19.1 Å². The van der Waals surface area contributed by atoms with Crippen LogP contribution in [0.4, 0.5) is 26.3 Å². The van der Waals surface area contributed by atoms with E-state index in [1.54, 1.807) is 12.2 Å². The Morgan fingerprint density at radius 3 is 1.70 bits per heavy atom. The third-order valence-electron chi connectivity index (χ3n) is 2.96. The average molecular weight is 386 g/mol. The summed E-state index contributed by atoms with van der Waals surface area (Å²) < 4.78 is 79.8. The standard InChI is InChI=1S/C19H12F6O2/c20-18(21,22)26-16-10-6-14(7-11-16)4-2-1-3-5-15-8-12-17(13-9-15)27-19(23,24)25/h2,4,6-13H,1H2. The predicted molar refractivity (Wildman–Crippen MR) is 86.8 cm³/mol. The van der Waals surface area contributed by atoms with Crippen LogP contribution in [0.15, 0.2) is 54.6 Å². The SMILES string of the molecule is FC(F)(F)Oc1ccc(C#CCC=Cc2ccc(OC(F)(F)F)cc2)cc1. The van der Waals surface area contributed by atoms with Gasteiger partial charge in [-0.3, -0.25) is 0 Å². The largest absolute Gasteiger partial charge is 0.573 e. The molecule has 2 rings (SSSR count). The van der Waals surface area contributed by atoms with Gasteiger partial charge in [0.1, 0.15) is 11.5 Å². The van der Waals surface area contributed by atoms with Crippen molar-refractivity contribution in [3.05, 3.63) is 65.7 Å². The lowest BCUT2D eigenvalue weighted by Gasteiger charge is -2.08. The maximum Gasteiger partial charge on any atom is 0.573 e. The van der Waals surface area contributed by atoms with Crippen molar-refractivity contribution in [3.8, 4) is 23.3 Å². The van der Waals surface area contributed by atoms with Crippen LogP contribution in [-0.2, 0) is 0 Å². The van der Waals surface area contributed by atoms with Crippen molar-refractivity contribution >= 4 is 6.08 Å². The summed E-state index contributed by atoms with van der Waals surface area (Å²) >= 11 is 0. The summed E-state index contributed by atoms with van der Waals surface area (Å²) in [5.74, 6) is 4.95. The zero-order chi connectivity index (χ0) is 19.9. The molecule has 142 valence electrons. The topological polar surface area (TPSA) is 18.5 Å². The van der Waals surface area contributed by atoms with Gasteiger partial charge < -0.3 is 9.47 Å². The van der Waals surface area contributed by atoms with Crippen molar-refractivity contribution in [2.75, 3.05) is 0 Å². The molecule has 0 saturated heterocycles. The molecule has 0 saturated carbocycles. The normalized spacial score (nSPS) is 11.8. The van der Waals surface area contributed by atoms with E-state index in [0.717, 1.165) is 12.1 Å². The second-order valence-electron chi connectivity index (χ2n) is 5.10. The molecular formula is C19H12F6O2. The molecule has 0 heterocycles. The van der Waals surface area contributed by atoms with Gasteiger partial charge in [-0.1, -0.05) is 36.1 Å². The molecule has 0 atom stereocenters. The quantitative estimate of drug-likeness (QED) is 0.478. The number of alkyl halides is 6. The second kappa shape index (κ2) is 8.54. The molecule has 0 unspecified atom stereocenters. The highest BCUT2D eigenvalue weighted by atomic mass is 19.4. The Bertz CT molecular complexity index is 822. The fourth-order valence-corrected chi connectivity index (χ4v) is 1.93. The molecule has 2 aromatic rings. The van der Waals surface area contributed by atoms with Gasteiger partial charge in [-0.25, -0.2) is 0 Å². The molecule has 0 aromatic heterocycles. The maximum atomic E-state index is 12.1. The van der Waals surface area contributed by atoms with E-state index in [2.05, 4.69) is 21.3 Å². The highest BCUT2D eigenvalue weighted by Gasteiger charge is 2.31. The third kappa shape index (κ3) is 8.23. The molecule has 0 aliphatic heterocycles. The van der Waals surface area contributed by atoms with E-state index in [-0.39, 0.29) is 11.5 Å². The molecule has 8 heteroatoms. The molecule has 0 spiro atoms. The summed E-state index contributed by atoms with van der Waals surface area (Å²) in [6.07, 6.45) is -5.75. The van der Waals surface area contributed by atoms with Gasteiger partial charge in [0.05, 0.1) is 0 Å². The molecule has 0 bridgehead atoms. The molecule has 0 aliphatic rings. The van der Waals surface area contributed by atoms with E-state index >= 15 is 0 Å². The van der Waals surface area contributed by atoms with Crippen LogP contribution in [-0.4, -0.2) is 12.7 Å². The van der Waals surface area contributed by atoms with Crippen molar-refractivity contribution in [1.82, 2.24) is 0 Å². The lowest BCUT2D eigenvalue weighted by atomic mass is 10.2. The second-order valence-corrected chi connectivity index (χ2v) is 5.10. The summed E-state index contributed by atoms with van der Waals surface area (Å²) in [5.41, 5.74) is 1.19. The summed E-state index contributed by atoms with van der Waals surface area (Å²) in [4.78, 5) is 0. The number of ether oxygens (including phenoxy) is 2. The van der Waals surface area contributed by atoms with Gasteiger partial charge >= 0.3 is 12.7 Å². The average Bonchev–Trinajstić information content (AvgIpc) is 2.55. The van der Waals surface area contributed by atoms with Gasteiger partial charge in [-0.2, -0.15) is 0 Å². The number of hydrogen-bond acceptors (Lipinski definition) is 2. The van der Waals surface area contributed by atoms with E-state index < -0.39 is 12.7 Å². The summed E-state index contributed by atoms with van der Waals surface area (Å²) in [6, 6.07) is 10.5. The Hall–Kier alpha value is -3.08. The Morgan fingerprint density at radius 1 is 0.741 bits per heavy atom. The molecule has 27 heavy (non-hydrogen) atoms. The van der Waals surface area contributed by atoms with Crippen LogP contribution < -0.4 is 9.47 Å². The van der Waals surface area contributed by atoms with Crippen LogP contribution in [0.2, 0.25) is 0 Å². The molecule has 0 fully saturated rings. The predicted octanol–water partition coefficient (Wildman–Crippen LogP) is 5.94. The Kier molecular flexibility index (Phi) is 6.40. The van der Waals surface area contributed by atoms with E-state index in [0.29, 0.717) is 17.5 Å². The van der Waals surface area contributed by atoms with Crippen LogP contribution in [0, 0.1) is 11.8 Å². The zero-order valence-corrected chi connectivity index (χ0v) is 13.6. The molecule has 2 aromatic carbocycles. The monoisotopic (exact) mass is 386 g/mol. The summed E-state index contributed by atoms with van der Waals surface area (Å²) in [5, 5.41) is 0. The van der Waals surface area contributed by atoms with E-state index in [9.17, 15) is 26.3 Å². The van der Waals surface area contributed by atoms with Crippen molar-refractivity contribution < 1.29 is 35.8 Å². The van der Waals surface area contributed by atoms with Crippen LogP contribution in [0.25, 0.3) is 6.08 Å². The molecule has 0 radical (unpaired) electrons. The molecule has 0 amide bonds. The first-order chi connectivity index (χ1) is 12.6. The molecule has 0 aliphatic carbocycles. The highest BCUT2D eigenvalue weighted by molar-refractivity contribution is 5.51. The fourth-order valence-electron chi connectivity index (χ4n) is 1.93. The van der Waals surface area contributed by atoms with E-state index in [1.807, 2.05) is 0 Å². The van der Waals surface area contributed by atoms with Crippen LogP contribution in [0.1, 0.15) is 17.5 Å². The molecule has 2 nitrogen and oxygen atoms in total. The van der Waals surface area contributed by atoms with Gasteiger partial charge in [0.2, 0.25) is 0 Å². The van der Waals surface area contributed by atoms with Crippen LogP contribution in [0.3, 0.4) is 0 Å². The highest BCUT2D eigenvalue weighted by Crippen LogP contribution is 2.23. The number of allylic oxidation sites excluding steroid dienone is 1. The first-order valence-corrected chi connectivity index (χ1v) is 7.48. The summed E-state index contributed by atoms with van der Waals surface area (Å²) in [6.45, 7) is 0. The Morgan fingerprint density at radius 2 is 1.22 bits per heavy atom. The third-order valence-corrected chi connectivity index (χ3v) is 2.96. The first kappa shape index (κ1) is 20.2. The lowest BCUT2D eigenvalue weighted by Crippen LogP contribution is -2.16. The number of rotatable bonds is 4. The minimum Gasteiger partial charge on any atom is -0.406 e. The van der Waals surface area contributed by atoms with Crippen molar-refractivity contribution in [2.24, 2.45) is 0 Å². The number of benzene rings is 2. The van der Waals surface area contributed by atoms with Gasteiger partial charge in [-0.15, -0.1) is 26.3 Å². The van der Waals surface area contributed by atoms with Crippen LogP contribution in [0.5, 0.6) is 11.5 Å². The molecular weight excluding hydrogens is 374 g/mol. The number of halogens is 6. The van der Waals surface area contributed by atoms with E-state index in [4.69, 9.17) is 0 Å². The van der Waals surface area contributed by atoms with Gasteiger partial charge in [0.25, 0.3) is 0 Å². The number of hydrogen-bond donors (Lipinski definition) is 0. The van der Waals surface area contributed by atoms with Gasteiger partial charge in [0.15, 0.2) is 0 Å². The summed E-state index contributed by atoms with van der Waals surface area (Å²) in [7, 11) is 0. The van der Waals surface area contributed by atoms with Crippen LogP contribution >= 0.6 is 0 Å². The fraction of sp³-hybridized carbons (Fsp3) is 0.158. The zero-order valence-electron chi connectivity index (χ0n) is 13.6. The van der Waals surface area contributed by atoms with Gasteiger partial charge in [-0.05, 0) is 42.0 Å².